The fraction of sp³-hybridized carbons (Fsp3) is 0.167. The lowest BCUT2D eigenvalue weighted by atomic mass is 10.2. The molecule has 0 atom stereocenters. The Labute approximate surface area is 162 Å². The van der Waals surface area contributed by atoms with Gasteiger partial charge in [0, 0.05) is 27.5 Å². The normalized spacial score (nSPS) is 10.7. The van der Waals surface area contributed by atoms with Crippen molar-refractivity contribution in [1.29, 1.82) is 0 Å². The van der Waals surface area contributed by atoms with Crippen molar-refractivity contribution in [3.8, 4) is 5.75 Å². The van der Waals surface area contributed by atoms with Crippen LogP contribution >= 0.6 is 27.5 Å². The number of esters is 1. The molecule has 0 aliphatic rings. The van der Waals surface area contributed by atoms with E-state index >= 15 is 0 Å². The zero-order valence-corrected chi connectivity index (χ0v) is 16.1. The molecule has 0 amide bonds. The third kappa shape index (κ3) is 3.73. The summed E-state index contributed by atoms with van der Waals surface area (Å²) in [5, 5.41) is 0.564. The maximum absolute atomic E-state index is 12.5. The van der Waals surface area contributed by atoms with Gasteiger partial charge >= 0.3 is 5.97 Å². The van der Waals surface area contributed by atoms with Crippen molar-refractivity contribution in [2.24, 2.45) is 0 Å². The van der Waals surface area contributed by atoms with Gasteiger partial charge < -0.3 is 9.47 Å². The Morgan fingerprint density at radius 1 is 1.35 bits per heavy atom. The summed E-state index contributed by atoms with van der Waals surface area (Å²) in [5.41, 5.74) is 0.458. The number of ether oxygens (including phenoxy) is 2. The Morgan fingerprint density at radius 3 is 2.88 bits per heavy atom. The molecule has 0 saturated carbocycles. The van der Waals surface area contributed by atoms with Crippen LogP contribution in [0.25, 0.3) is 5.65 Å². The van der Waals surface area contributed by atoms with Crippen LogP contribution in [-0.4, -0.2) is 22.0 Å². The van der Waals surface area contributed by atoms with Crippen molar-refractivity contribution in [3.63, 3.8) is 0 Å². The fourth-order valence-electron chi connectivity index (χ4n) is 2.34. The lowest BCUT2D eigenvalue weighted by Crippen LogP contribution is -2.24. The average Bonchev–Trinajstić information content (AvgIpc) is 2.61. The smallest absolute Gasteiger partial charge is 0.345 e. The van der Waals surface area contributed by atoms with Crippen LogP contribution < -0.4 is 10.3 Å². The Bertz CT molecular complexity index is 1040. The standard InChI is InChI=1S/C18H14BrClN2O4/c1-2-25-18(24)13-9-21-16-15(4-3-7-22(16)17(13)23)26-10-11-5-6-12(19)8-14(11)20/h3-9H,2,10H2,1H3. The van der Waals surface area contributed by atoms with Gasteiger partial charge in [-0.1, -0.05) is 33.6 Å². The summed E-state index contributed by atoms with van der Waals surface area (Å²) in [6, 6.07) is 8.82. The molecule has 3 rings (SSSR count). The molecule has 0 aliphatic carbocycles. The van der Waals surface area contributed by atoms with E-state index in [0.717, 1.165) is 10.0 Å². The third-order valence-corrected chi connectivity index (χ3v) is 4.44. The Balaban J connectivity index is 1.93. The van der Waals surface area contributed by atoms with Gasteiger partial charge in [-0.3, -0.25) is 9.20 Å². The van der Waals surface area contributed by atoms with Gasteiger partial charge in [-0.2, -0.15) is 0 Å². The van der Waals surface area contributed by atoms with Crippen LogP contribution in [0.4, 0.5) is 0 Å². The molecule has 2 aromatic heterocycles. The lowest BCUT2D eigenvalue weighted by molar-refractivity contribution is 0.0523. The van der Waals surface area contributed by atoms with Crippen molar-refractivity contribution in [2.75, 3.05) is 6.61 Å². The first kappa shape index (κ1) is 18.4. The summed E-state index contributed by atoms with van der Waals surface area (Å²) < 4.78 is 12.8. The number of hydrogen-bond acceptors (Lipinski definition) is 5. The van der Waals surface area contributed by atoms with E-state index in [2.05, 4.69) is 20.9 Å². The van der Waals surface area contributed by atoms with Crippen molar-refractivity contribution < 1.29 is 14.3 Å². The second-order valence-electron chi connectivity index (χ2n) is 5.29. The Hall–Kier alpha value is -2.38. The van der Waals surface area contributed by atoms with E-state index in [4.69, 9.17) is 21.1 Å². The molecule has 0 saturated heterocycles. The predicted octanol–water partition coefficient (Wildman–Crippen LogP) is 3.87. The van der Waals surface area contributed by atoms with E-state index in [1.54, 1.807) is 25.1 Å². The number of pyridine rings is 1. The molecule has 3 aromatic rings. The van der Waals surface area contributed by atoms with Crippen LogP contribution in [0.2, 0.25) is 5.02 Å². The van der Waals surface area contributed by atoms with Gasteiger partial charge in [0.2, 0.25) is 0 Å². The average molecular weight is 438 g/mol. The molecule has 0 bridgehead atoms. The highest BCUT2D eigenvalue weighted by atomic mass is 79.9. The van der Waals surface area contributed by atoms with Gasteiger partial charge in [0.05, 0.1) is 6.61 Å². The van der Waals surface area contributed by atoms with E-state index in [0.29, 0.717) is 16.4 Å². The van der Waals surface area contributed by atoms with Crippen LogP contribution in [0.5, 0.6) is 5.75 Å². The Morgan fingerprint density at radius 2 is 2.15 bits per heavy atom. The summed E-state index contributed by atoms with van der Waals surface area (Å²) >= 11 is 9.54. The summed E-state index contributed by atoms with van der Waals surface area (Å²) in [7, 11) is 0. The van der Waals surface area contributed by atoms with Crippen LogP contribution in [0.1, 0.15) is 22.8 Å². The highest BCUT2D eigenvalue weighted by Gasteiger charge is 2.16. The van der Waals surface area contributed by atoms with Crippen LogP contribution in [0, 0.1) is 0 Å². The lowest BCUT2D eigenvalue weighted by Gasteiger charge is -2.11. The minimum atomic E-state index is -0.702. The number of carbonyl (C=O) groups is 1. The largest absolute Gasteiger partial charge is 0.485 e. The van der Waals surface area contributed by atoms with E-state index in [1.165, 1.54) is 16.8 Å². The molecular formula is C18H14BrClN2O4. The highest BCUT2D eigenvalue weighted by molar-refractivity contribution is 9.10. The molecule has 134 valence electrons. The zero-order valence-electron chi connectivity index (χ0n) is 13.7. The summed E-state index contributed by atoms with van der Waals surface area (Å²) in [6.07, 6.45) is 2.72. The number of benzene rings is 1. The number of carbonyl (C=O) groups excluding carboxylic acids is 1. The predicted molar refractivity (Wildman–Crippen MR) is 101 cm³/mol. The van der Waals surface area contributed by atoms with Gasteiger partial charge in [0.1, 0.15) is 12.2 Å². The summed E-state index contributed by atoms with van der Waals surface area (Å²) in [4.78, 5) is 28.5. The van der Waals surface area contributed by atoms with Crippen LogP contribution in [-0.2, 0) is 11.3 Å². The first-order valence-electron chi connectivity index (χ1n) is 7.75. The summed E-state index contributed by atoms with van der Waals surface area (Å²) in [6.45, 7) is 2.06. The Kier molecular flexibility index (Phi) is 5.58. The van der Waals surface area contributed by atoms with Gasteiger partial charge in [-0.15, -0.1) is 0 Å². The number of rotatable bonds is 5. The second-order valence-corrected chi connectivity index (χ2v) is 6.61. The van der Waals surface area contributed by atoms with Gasteiger partial charge in [-0.05, 0) is 31.2 Å². The molecule has 0 N–H and O–H groups in total. The molecule has 2 heterocycles. The minimum Gasteiger partial charge on any atom is -0.485 e. The number of fused-ring (bicyclic) bond motifs is 1. The summed E-state index contributed by atoms with van der Waals surface area (Å²) in [5.74, 6) is -0.300. The van der Waals surface area contributed by atoms with Crippen LogP contribution in [0.3, 0.4) is 0 Å². The monoisotopic (exact) mass is 436 g/mol. The van der Waals surface area contributed by atoms with Gasteiger partial charge in [0.15, 0.2) is 11.4 Å². The van der Waals surface area contributed by atoms with E-state index in [-0.39, 0.29) is 18.8 Å². The molecule has 0 aliphatic heterocycles. The molecule has 1 aromatic carbocycles. The molecule has 6 nitrogen and oxygen atoms in total. The molecule has 0 spiro atoms. The van der Waals surface area contributed by atoms with E-state index < -0.39 is 11.5 Å². The molecular weight excluding hydrogens is 424 g/mol. The number of hydrogen-bond donors (Lipinski definition) is 0. The van der Waals surface area contributed by atoms with E-state index in [9.17, 15) is 9.59 Å². The van der Waals surface area contributed by atoms with Crippen molar-refractivity contribution in [1.82, 2.24) is 9.38 Å². The van der Waals surface area contributed by atoms with Gasteiger partial charge in [0.25, 0.3) is 5.56 Å². The molecule has 8 heteroatoms. The van der Waals surface area contributed by atoms with E-state index in [1.807, 2.05) is 12.1 Å². The van der Waals surface area contributed by atoms with Crippen LogP contribution in [0.15, 0.2) is 52.0 Å². The third-order valence-electron chi connectivity index (χ3n) is 3.59. The number of nitrogens with zero attached hydrogens (tertiary/aromatic N) is 2. The molecule has 0 unspecified atom stereocenters. The second kappa shape index (κ2) is 7.88. The zero-order chi connectivity index (χ0) is 18.7. The van der Waals surface area contributed by atoms with Crippen molar-refractivity contribution >= 4 is 39.1 Å². The molecule has 0 fully saturated rings. The van der Waals surface area contributed by atoms with Gasteiger partial charge in [-0.25, -0.2) is 9.78 Å². The number of aromatic nitrogens is 2. The topological polar surface area (TPSA) is 69.9 Å². The first-order chi connectivity index (χ1) is 12.5. The first-order valence-corrected chi connectivity index (χ1v) is 8.92. The SMILES string of the molecule is CCOC(=O)c1cnc2c(OCc3ccc(Br)cc3Cl)cccn2c1=O. The highest BCUT2D eigenvalue weighted by Crippen LogP contribution is 2.24. The number of halogens is 2. The maximum atomic E-state index is 12.5. The fourth-order valence-corrected chi connectivity index (χ4v) is 3.06. The molecule has 26 heavy (non-hydrogen) atoms. The minimum absolute atomic E-state index is 0.127. The van der Waals surface area contributed by atoms with Crippen molar-refractivity contribution in [2.45, 2.75) is 13.5 Å². The molecule has 0 radical (unpaired) electrons. The maximum Gasteiger partial charge on any atom is 0.345 e. The van der Waals surface area contributed by atoms with Crippen molar-refractivity contribution in [3.05, 3.63) is 73.7 Å². The quantitative estimate of drug-likeness (QED) is 0.567.